The number of nitrogens with zero attached hydrogens (tertiary/aromatic N) is 1. The molecule has 0 N–H and O–H groups in total. The van der Waals surface area contributed by atoms with Crippen molar-refractivity contribution in [1.82, 2.24) is 0 Å². The first-order valence-electron chi connectivity index (χ1n) is 22.2. The average Bonchev–Trinajstić information content (AvgIpc) is 3.11. The maximum Gasteiger partial charge on any atom is 0.306 e. The van der Waals surface area contributed by atoms with Crippen molar-refractivity contribution in [2.45, 2.75) is 219 Å². The molecule has 0 saturated carbocycles. The van der Waals surface area contributed by atoms with E-state index in [0.717, 1.165) is 38.5 Å². The number of carboxylic acids is 1. The van der Waals surface area contributed by atoms with E-state index in [1.54, 1.807) is 21.1 Å². The number of ether oxygens (including phenoxy) is 3. The lowest BCUT2D eigenvalue weighted by Crippen LogP contribution is -2.55. The van der Waals surface area contributed by atoms with Gasteiger partial charge in [0.15, 0.2) is 6.10 Å². The number of rotatable bonds is 40. The van der Waals surface area contributed by atoms with Gasteiger partial charge in [0.25, 0.3) is 0 Å². The zero-order valence-corrected chi connectivity index (χ0v) is 35.4. The molecule has 0 heterocycles. The van der Waals surface area contributed by atoms with Crippen molar-refractivity contribution in [1.29, 1.82) is 0 Å². The number of allylic oxidation sites excluding steroid dienone is 2. The van der Waals surface area contributed by atoms with Gasteiger partial charge >= 0.3 is 11.9 Å². The fourth-order valence-corrected chi connectivity index (χ4v) is 6.65. The van der Waals surface area contributed by atoms with Crippen LogP contribution in [-0.2, 0) is 28.6 Å². The van der Waals surface area contributed by atoms with E-state index >= 15 is 0 Å². The van der Waals surface area contributed by atoms with Gasteiger partial charge in [0, 0.05) is 19.3 Å². The van der Waals surface area contributed by atoms with Crippen LogP contribution in [0.5, 0.6) is 0 Å². The van der Waals surface area contributed by atoms with E-state index < -0.39 is 18.1 Å². The highest BCUT2D eigenvalue weighted by atomic mass is 16.6. The van der Waals surface area contributed by atoms with E-state index in [1.165, 1.54) is 135 Å². The summed E-state index contributed by atoms with van der Waals surface area (Å²) < 4.78 is 17.1. The zero-order valence-electron chi connectivity index (χ0n) is 35.4. The third-order valence-electron chi connectivity index (χ3n) is 10.2. The van der Waals surface area contributed by atoms with Crippen LogP contribution in [0.1, 0.15) is 206 Å². The Kier molecular flexibility index (Phi) is 35.7. The van der Waals surface area contributed by atoms with Crippen LogP contribution in [-0.4, -0.2) is 75.5 Å². The van der Waals surface area contributed by atoms with Crippen LogP contribution < -0.4 is 5.11 Å². The quantitative estimate of drug-likeness (QED) is 0.0266. The lowest BCUT2D eigenvalue weighted by Gasteiger charge is -2.34. The second kappa shape index (κ2) is 37.0. The van der Waals surface area contributed by atoms with E-state index in [2.05, 4.69) is 26.0 Å². The molecule has 0 aromatic rings. The van der Waals surface area contributed by atoms with Crippen molar-refractivity contribution in [2.24, 2.45) is 0 Å². The van der Waals surface area contributed by atoms with Crippen LogP contribution in [0.2, 0.25) is 0 Å². The summed E-state index contributed by atoms with van der Waals surface area (Å²) in [7, 11) is 5.40. The molecule has 53 heavy (non-hydrogen) atoms. The van der Waals surface area contributed by atoms with Crippen molar-refractivity contribution in [2.75, 3.05) is 41.0 Å². The Balaban J connectivity index is 4.08. The van der Waals surface area contributed by atoms with E-state index in [-0.39, 0.29) is 42.7 Å². The maximum absolute atomic E-state index is 12.7. The van der Waals surface area contributed by atoms with Crippen molar-refractivity contribution in [3.8, 4) is 0 Å². The molecule has 0 saturated heterocycles. The zero-order chi connectivity index (χ0) is 39.3. The van der Waals surface area contributed by atoms with Crippen molar-refractivity contribution in [3.63, 3.8) is 0 Å². The van der Waals surface area contributed by atoms with Crippen LogP contribution in [0.25, 0.3) is 0 Å². The maximum atomic E-state index is 12.7. The monoisotopic (exact) mass is 752 g/mol. The molecule has 2 unspecified atom stereocenters. The van der Waals surface area contributed by atoms with Crippen LogP contribution >= 0.6 is 0 Å². The van der Waals surface area contributed by atoms with Gasteiger partial charge < -0.3 is 28.6 Å². The summed E-state index contributed by atoms with van der Waals surface area (Å²) in [6.07, 6.45) is 38.4. The number of esters is 2. The van der Waals surface area contributed by atoms with Crippen LogP contribution in [0.3, 0.4) is 0 Å². The molecular weight excluding hydrogens is 666 g/mol. The molecule has 0 aliphatic carbocycles. The Morgan fingerprint density at radius 3 is 1.36 bits per heavy atom. The summed E-state index contributed by atoms with van der Waals surface area (Å²) in [5, 5.41) is 11.6. The standard InChI is InChI=1S/C45H85NO7/c1-6-8-10-12-14-15-16-17-18-19-20-21-22-23-24-25-26-27-28-29-30-32-34-36-44(48)53-41(39-51-38-37-42(45(49)50)46(3,4)5)40-52-43(47)35-33-31-13-11-9-7-2/h19-20,41-42H,6-18,21-40H2,1-5H3/b20-19-. The van der Waals surface area contributed by atoms with Gasteiger partial charge in [0.2, 0.25) is 0 Å². The van der Waals surface area contributed by atoms with Crippen molar-refractivity contribution >= 4 is 17.9 Å². The molecule has 0 radical (unpaired) electrons. The molecule has 0 spiro atoms. The highest BCUT2D eigenvalue weighted by Gasteiger charge is 2.25. The Labute approximate surface area is 327 Å². The van der Waals surface area contributed by atoms with E-state index in [0.29, 0.717) is 12.8 Å². The second-order valence-corrected chi connectivity index (χ2v) is 16.3. The number of hydrogen-bond donors (Lipinski definition) is 0. The number of carbonyl (C=O) groups excluding carboxylic acids is 3. The molecule has 0 aromatic carbocycles. The smallest absolute Gasteiger partial charge is 0.306 e. The van der Waals surface area contributed by atoms with E-state index in [9.17, 15) is 19.5 Å². The minimum Gasteiger partial charge on any atom is -0.544 e. The van der Waals surface area contributed by atoms with E-state index in [1.807, 2.05) is 0 Å². The molecule has 0 amide bonds. The number of unbranched alkanes of at least 4 members (excludes halogenated alkanes) is 24. The molecular formula is C45H85NO7. The highest BCUT2D eigenvalue weighted by molar-refractivity contribution is 5.70. The molecule has 0 aliphatic heterocycles. The Morgan fingerprint density at radius 1 is 0.547 bits per heavy atom. The summed E-state index contributed by atoms with van der Waals surface area (Å²) in [6, 6.07) is -0.720. The van der Waals surface area contributed by atoms with Crippen molar-refractivity contribution in [3.05, 3.63) is 12.2 Å². The number of carbonyl (C=O) groups is 3. The van der Waals surface area contributed by atoms with E-state index in [4.69, 9.17) is 14.2 Å². The predicted octanol–water partition coefficient (Wildman–Crippen LogP) is 10.6. The summed E-state index contributed by atoms with van der Waals surface area (Å²) >= 11 is 0. The van der Waals surface area contributed by atoms with Crippen molar-refractivity contribution < 1.29 is 38.2 Å². The highest BCUT2D eigenvalue weighted by Crippen LogP contribution is 2.15. The number of hydrogen-bond acceptors (Lipinski definition) is 7. The molecule has 312 valence electrons. The molecule has 0 rings (SSSR count). The normalized spacial score (nSPS) is 13.0. The average molecular weight is 752 g/mol. The number of carboxylic acid groups (broad SMARTS) is 1. The molecule has 0 bridgehead atoms. The van der Waals surface area contributed by atoms with Gasteiger partial charge in [-0.2, -0.15) is 0 Å². The molecule has 0 aromatic heterocycles. The summed E-state index contributed by atoms with van der Waals surface area (Å²) in [4.78, 5) is 36.6. The topological polar surface area (TPSA) is 102 Å². The third-order valence-corrected chi connectivity index (χ3v) is 10.2. The summed E-state index contributed by atoms with van der Waals surface area (Å²) in [6.45, 7) is 4.61. The predicted molar refractivity (Wildman–Crippen MR) is 217 cm³/mol. The fourth-order valence-electron chi connectivity index (χ4n) is 6.65. The van der Waals surface area contributed by atoms with Gasteiger partial charge in [-0.05, 0) is 38.5 Å². The van der Waals surface area contributed by atoms with Gasteiger partial charge in [0.05, 0.1) is 40.3 Å². The fraction of sp³-hybridized carbons (Fsp3) is 0.889. The van der Waals surface area contributed by atoms with Gasteiger partial charge in [-0.1, -0.05) is 161 Å². The first kappa shape index (κ1) is 51.1. The van der Waals surface area contributed by atoms with Gasteiger partial charge in [-0.15, -0.1) is 0 Å². The van der Waals surface area contributed by atoms with Crippen LogP contribution in [0.15, 0.2) is 12.2 Å². The Hall–Kier alpha value is -1.93. The van der Waals surface area contributed by atoms with Gasteiger partial charge in [0.1, 0.15) is 12.6 Å². The molecule has 8 heteroatoms. The minimum atomic E-state index is -1.12. The largest absolute Gasteiger partial charge is 0.544 e. The number of likely N-dealkylation sites (N-methyl/N-ethyl adjacent to an activating group) is 1. The Morgan fingerprint density at radius 2 is 0.943 bits per heavy atom. The first-order valence-corrected chi connectivity index (χ1v) is 22.2. The number of quaternary nitrogens is 1. The number of aliphatic carboxylic acids is 1. The van der Waals surface area contributed by atoms with Crippen LogP contribution in [0.4, 0.5) is 0 Å². The third kappa shape index (κ3) is 35.5. The molecule has 2 atom stereocenters. The summed E-state index contributed by atoms with van der Waals surface area (Å²) in [5.41, 5.74) is 0. The van der Waals surface area contributed by atoms with Gasteiger partial charge in [-0.3, -0.25) is 9.59 Å². The first-order chi connectivity index (χ1) is 25.6. The van der Waals surface area contributed by atoms with Gasteiger partial charge in [-0.25, -0.2) is 0 Å². The second-order valence-electron chi connectivity index (χ2n) is 16.3. The molecule has 0 fully saturated rings. The minimum absolute atomic E-state index is 0.0450. The lowest BCUT2D eigenvalue weighted by atomic mass is 10.0. The SMILES string of the molecule is CCCCCCCCCC/C=C\CCCCCCCCCCCCCC(=O)OC(COCCC(C(=O)[O-])[N+](C)(C)C)COC(=O)CCCCCCCC. The molecule has 0 aliphatic rings. The molecule has 8 nitrogen and oxygen atoms in total. The lowest BCUT2D eigenvalue weighted by molar-refractivity contribution is -0.889. The summed E-state index contributed by atoms with van der Waals surface area (Å²) in [5.74, 6) is -1.74. The Bertz CT molecular complexity index is 885. The van der Waals surface area contributed by atoms with Crippen LogP contribution in [0, 0.1) is 0 Å².